The Kier molecular flexibility index (Phi) is 5.81. The maximum Gasteiger partial charge on any atom is 0.234 e. The van der Waals surface area contributed by atoms with Crippen LogP contribution in [0.1, 0.15) is 6.92 Å². The molecule has 0 heterocycles. The molecule has 0 aliphatic carbocycles. The van der Waals surface area contributed by atoms with Crippen LogP contribution < -0.4 is 0 Å². The fourth-order valence-corrected chi connectivity index (χ4v) is 0.646. The minimum atomic E-state index is -1.86. The van der Waals surface area contributed by atoms with Gasteiger partial charge in [-0.05, 0) is 6.92 Å². The third kappa shape index (κ3) is 4.87. The molecule has 0 saturated carbocycles. The Morgan fingerprint density at radius 3 is 2.70 bits per heavy atom. The molecule has 0 aromatic rings. The first-order valence-electron chi connectivity index (χ1n) is 3.08. The molecule has 0 aromatic carbocycles. The van der Waals surface area contributed by atoms with E-state index in [-0.39, 0.29) is 0 Å². The van der Waals surface area contributed by atoms with Crippen LogP contribution in [0.25, 0.3) is 0 Å². The van der Waals surface area contributed by atoms with E-state index in [4.69, 9.17) is 9.29 Å². The average molecular weight is 167 g/mol. The van der Waals surface area contributed by atoms with Gasteiger partial charge in [-0.25, -0.2) is 8.51 Å². The van der Waals surface area contributed by atoms with E-state index in [0.29, 0.717) is 19.8 Å². The third-order valence-electron chi connectivity index (χ3n) is 1.02. The summed E-state index contributed by atoms with van der Waals surface area (Å²) in [6.45, 7) is 3.51. The normalized spacial score (nSPS) is 14.0. The monoisotopic (exact) mass is 167 g/mol. The highest BCUT2D eigenvalue weighted by molar-refractivity contribution is 7.76. The number of rotatable bonds is 5. The summed E-state index contributed by atoms with van der Waals surface area (Å²) in [6, 6.07) is 0. The van der Waals surface area contributed by atoms with Gasteiger partial charge in [0.2, 0.25) is 11.3 Å². The lowest BCUT2D eigenvalue weighted by Crippen LogP contribution is -2.24. The molecule has 0 saturated heterocycles. The van der Waals surface area contributed by atoms with Crippen molar-refractivity contribution in [3.8, 4) is 0 Å². The second-order valence-corrected chi connectivity index (χ2v) is 2.86. The summed E-state index contributed by atoms with van der Waals surface area (Å²) >= 11 is -1.86. The highest BCUT2D eigenvalue weighted by Gasteiger charge is 2.01. The Morgan fingerprint density at radius 2 is 2.30 bits per heavy atom. The summed E-state index contributed by atoms with van der Waals surface area (Å²) in [5.41, 5.74) is 0. The summed E-state index contributed by atoms with van der Waals surface area (Å²) < 4.78 is 25.0. The topological polar surface area (TPSA) is 49.8 Å². The largest absolute Gasteiger partial charge is 0.380 e. The SMILES string of the molecule is CCOCCN(C)S(=O)O. The van der Waals surface area contributed by atoms with Crippen LogP contribution in [0.2, 0.25) is 0 Å². The van der Waals surface area contributed by atoms with Gasteiger partial charge in [0.05, 0.1) is 6.61 Å². The lowest BCUT2D eigenvalue weighted by atomic mass is 10.7. The van der Waals surface area contributed by atoms with Crippen molar-refractivity contribution in [2.24, 2.45) is 0 Å². The quantitative estimate of drug-likeness (QED) is 0.466. The second kappa shape index (κ2) is 5.79. The van der Waals surface area contributed by atoms with Crippen molar-refractivity contribution in [1.82, 2.24) is 4.31 Å². The highest BCUT2D eigenvalue weighted by atomic mass is 32.2. The van der Waals surface area contributed by atoms with Crippen molar-refractivity contribution in [3.05, 3.63) is 0 Å². The molecule has 0 aromatic heterocycles. The van der Waals surface area contributed by atoms with Gasteiger partial charge in [-0.1, -0.05) is 0 Å². The molecule has 1 unspecified atom stereocenters. The zero-order valence-corrected chi connectivity index (χ0v) is 7.06. The van der Waals surface area contributed by atoms with Crippen LogP contribution in [0.4, 0.5) is 0 Å². The third-order valence-corrected chi connectivity index (χ3v) is 1.74. The van der Waals surface area contributed by atoms with E-state index in [0.717, 1.165) is 0 Å². The Morgan fingerprint density at radius 1 is 1.70 bits per heavy atom. The van der Waals surface area contributed by atoms with E-state index in [1.54, 1.807) is 7.05 Å². The Balaban J connectivity index is 3.21. The molecular weight excluding hydrogens is 154 g/mol. The molecule has 0 aliphatic rings. The van der Waals surface area contributed by atoms with Crippen LogP contribution in [0.15, 0.2) is 0 Å². The van der Waals surface area contributed by atoms with Crippen LogP contribution in [0.5, 0.6) is 0 Å². The van der Waals surface area contributed by atoms with Crippen LogP contribution in [0, 0.1) is 0 Å². The van der Waals surface area contributed by atoms with Gasteiger partial charge >= 0.3 is 0 Å². The van der Waals surface area contributed by atoms with Gasteiger partial charge < -0.3 is 4.74 Å². The predicted molar refractivity (Wildman–Crippen MR) is 39.9 cm³/mol. The van der Waals surface area contributed by atoms with Crippen LogP contribution in [-0.4, -0.2) is 39.9 Å². The van der Waals surface area contributed by atoms with Crippen molar-refractivity contribution < 1.29 is 13.5 Å². The Bertz CT molecular complexity index is 109. The summed E-state index contributed by atoms with van der Waals surface area (Å²) in [5.74, 6) is 0. The molecule has 4 nitrogen and oxygen atoms in total. The number of ether oxygens (including phenoxy) is 1. The van der Waals surface area contributed by atoms with E-state index in [1.165, 1.54) is 4.31 Å². The van der Waals surface area contributed by atoms with Gasteiger partial charge in [-0.2, -0.15) is 0 Å². The predicted octanol–water partition coefficient (Wildman–Crippen LogP) is 0.0914. The molecule has 62 valence electrons. The average Bonchev–Trinajstić information content (AvgIpc) is 1.88. The van der Waals surface area contributed by atoms with E-state index < -0.39 is 11.3 Å². The van der Waals surface area contributed by atoms with Gasteiger partial charge in [0.15, 0.2) is 0 Å². The molecule has 0 radical (unpaired) electrons. The minimum Gasteiger partial charge on any atom is -0.380 e. The summed E-state index contributed by atoms with van der Waals surface area (Å²) in [4.78, 5) is 0. The minimum absolute atomic E-state index is 0.483. The summed E-state index contributed by atoms with van der Waals surface area (Å²) in [5, 5.41) is 0. The number of nitrogens with zero attached hydrogens (tertiary/aromatic N) is 1. The smallest absolute Gasteiger partial charge is 0.234 e. The van der Waals surface area contributed by atoms with Crippen molar-refractivity contribution in [3.63, 3.8) is 0 Å². The standard InChI is InChI=1S/C5H13NO3S/c1-3-9-5-4-6(2)10(7)8/h3-5H2,1-2H3,(H,7,8). The molecule has 1 N–H and O–H groups in total. The number of hydrogen-bond acceptors (Lipinski definition) is 2. The summed E-state index contributed by atoms with van der Waals surface area (Å²) in [7, 11) is 1.56. The molecule has 0 rings (SSSR count). The molecule has 0 fully saturated rings. The maximum absolute atomic E-state index is 10.3. The number of hydrogen-bond donors (Lipinski definition) is 1. The van der Waals surface area contributed by atoms with Crippen LogP contribution in [-0.2, 0) is 16.0 Å². The van der Waals surface area contributed by atoms with Crippen molar-refractivity contribution in [1.29, 1.82) is 0 Å². The van der Waals surface area contributed by atoms with Crippen LogP contribution in [0.3, 0.4) is 0 Å². The van der Waals surface area contributed by atoms with E-state index in [9.17, 15) is 4.21 Å². The fraction of sp³-hybridized carbons (Fsp3) is 1.00. The first kappa shape index (κ1) is 10.0. The first-order valence-corrected chi connectivity index (χ1v) is 4.14. The lowest BCUT2D eigenvalue weighted by molar-refractivity contribution is 0.138. The first-order chi connectivity index (χ1) is 4.68. The van der Waals surface area contributed by atoms with Gasteiger partial charge in [0.1, 0.15) is 0 Å². The molecule has 1 atom stereocenters. The highest BCUT2D eigenvalue weighted by Crippen LogP contribution is 1.85. The fourth-order valence-electron chi connectivity index (χ4n) is 0.416. The molecule has 0 bridgehead atoms. The number of likely N-dealkylation sites (N-methyl/N-ethyl adjacent to an activating group) is 1. The zero-order chi connectivity index (χ0) is 7.98. The summed E-state index contributed by atoms with van der Waals surface area (Å²) in [6.07, 6.45) is 0. The van der Waals surface area contributed by atoms with Gasteiger partial charge in [0.25, 0.3) is 0 Å². The van der Waals surface area contributed by atoms with E-state index in [1.807, 2.05) is 6.92 Å². The molecule has 10 heavy (non-hydrogen) atoms. The van der Waals surface area contributed by atoms with Gasteiger partial charge in [-0.15, -0.1) is 0 Å². The zero-order valence-electron chi connectivity index (χ0n) is 6.24. The van der Waals surface area contributed by atoms with E-state index >= 15 is 0 Å². The van der Waals surface area contributed by atoms with Crippen molar-refractivity contribution in [2.75, 3.05) is 26.8 Å². The molecule has 0 spiro atoms. The second-order valence-electron chi connectivity index (χ2n) is 1.78. The molecular formula is C5H13NO3S. The van der Waals surface area contributed by atoms with Gasteiger partial charge in [0, 0.05) is 20.2 Å². The van der Waals surface area contributed by atoms with Gasteiger partial charge in [-0.3, -0.25) is 4.55 Å². The van der Waals surface area contributed by atoms with Crippen molar-refractivity contribution in [2.45, 2.75) is 6.92 Å². The lowest BCUT2D eigenvalue weighted by Gasteiger charge is -2.09. The maximum atomic E-state index is 10.3. The van der Waals surface area contributed by atoms with Crippen LogP contribution >= 0.6 is 0 Å². The Labute approximate surface area is 63.6 Å². The van der Waals surface area contributed by atoms with E-state index in [2.05, 4.69) is 0 Å². The molecule has 0 amide bonds. The Hall–Kier alpha value is 0.0300. The molecule has 5 heteroatoms. The molecule has 0 aliphatic heterocycles. The van der Waals surface area contributed by atoms with Crippen molar-refractivity contribution >= 4 is 11.3 Å².